The van der Waals surface area contributed by atoms with Gasteiger partial charge in [-0.25, -0.2) is 4.98 Å². The lowest BCUT2D eigenvalue weighted by Crippen LogP contribution is -2.39. The molecule has 152 valence electrons. The fourth-order valence-corrected chi connectivity index (χ4v) is 4.33. The van der Waals surface area contributed by atoms with E-state index in [2.05, 4.69) is 28.9 Å². The number of aromatic nitrogens is 1. The number of rotatable bonds is 3. The molecule has 1 N–H and O–H groups in total. The molecule has 4 aromatic rings. The zero-order valence-corrected chi connectivity index (χ0v) is 16.9. The summed E-state index contributed by atoms with van der Waals surface area (Å²) < 4.78 is 11.8. The number of fused-ring (bicyclic) bond motifs is 3. The van der Waals surface area contributed by atoms with E-state index in [0.717, 1.165) is 40.3 Å². The number of hydrogen-bond acceptors (Lipinski definition) is 5. The highest BCUT2D eigenvalue weighted by Gasteiger charge is 2.31. The lowest BCUT2D eigenvalue weighted by molar-refractivity contribution is 0.283. The molecular formula is C24H23N3O3. The minimum atomic E-state index is 0.332. The smallest absolute Gasteiger partial charge is 0.219 e. The van der Waals surface area contributed by atoms with Crippen LogP contribution in [0.5, 0.6) is 11.6 Å². The third-order valence-electron chi connectivity index (χ3n) is 5.86. The predicted octanol–water partition coefficient (Wildman–Crippen LogP) is 5.78. The van der Waals surface area contributed by atoms with Gasteiger partial charge in [0.2, 0.25) is 5.88 Å². The first-order valence-electron chi connectivity index (χ1n) is 10.2. The van der Waals surface area contributed by atoms with E-state index >= 15 is 0 Å². The molecule has 1 aliphatic rings. The molecule has 3 heterocycles. The van der Waals surface area contributed by atoms with Gasteiger partial charge in [-0.1, -0.05) is 23.4 Å². The highest BCUT2D eigenvalue weighted by molar-refractivity contribution is 6.05. The molecule has 0 bridgehead atoms. The van der Waals surface area contributed by atoms with Crippen molar-refractivity contribution in [2.45, 2.75) is 38.8 Å². The van der Waals surface area contributed by atoms with E-state index in [0.29, 0.717) is 29.5 Å². The Kier molecular flexibility index (Phi) is 4.54. The molecule has 0 aliphatic carbocycles. The van der Waals surface area contributed by atoms with Crippen LogP contribution in [0.25, 0.3) is 21.9 Å². The fraction of sp³-hybridized carbons (Fsp3) is 0.250. The number of para-hydroxylation sites is 1. The molecule has 2 aromatic carbocycles. The maximum absolute atomic E-state index is 9.63. The molecule has 6 nitrogen and oxygen atoms in total. The van der Waals surface area contributed by atoms with Crippen LogP contribution in [0.1, 0.15) is 32.3 Å². The van der Waals surface area contributed by atoms with Crippen molar-refractivity contribution in [3.63, 3.8) is 0 Å². The van der Waals surface area contributed by atoms with E-state index in [1.165, 1.54) is 0 Å². The van der Waals surface area contributed by atoms with Crippen LogP contribution >= 0.6 is 0 Å². The molecule has 0 radical (unpaired) electrons. The van der Waals surface area contributed by atoms with Crippen molar-refractivity contribution in [2.24, 2.45) is 5.16 Å². The summed E-state index contributed by atoms with van der Waals surface area (Å²) in [6.07, 6.45) is 3.86. The largest absolute Gasteiger partial charge is 0.456 e. The van der Waals surface area contributed by atoms with Crippen LogP contribution in [-0.2, 0) is 0 Å². The molecule has 5 rings (SSSR count). The number of benzene rings is 2. The van der Waals surface area contributed by atoms with Gasteiger partial charge in [0.05, 0.1) is 0 Å². The first-order chi connectivity index (χ1) is 14.6. The van der Waals surface area contributed by atoms with E-state index in [1.807, 2.05) is 48.5 Å². The monoisotopic (exact) mass is 401 g/mol. The average Bonchev–Trinajstić information content (AvgIpc) is 3.30. The molecule has 6 heteroatoms. The number of nitrogens with zero attached hydrogens (tertiary/aromatic N) is 3. The second-order valence-corrected chi connectivity index (χ2v) is 7.85. The lowest BCUT2D eigenvalue weighted by Gasteiger charge is -2.28. The minimum Gasteiger partial charge on any atom is -0.456 e. The maximum Gasteiger partial charge on any atom is 0.219 e. The number of pyridine rings is 1. The molecule has 2 aromatic heterocycles. The third kappa shape index (κ3) is 3.14. The molecule has 1 saturated heterocycles. The Hall–Kier alpha value is -3.54. The average molecular weight is 401 g/mol. The molecule has 1 fully saturated rings. The van der Waals surface area contributed by atoms with E-state index in [4.69, 9.17) is 9.15 Å². The predicted molar refractivity (Wildman–Crippen MR) is 116 cm³/mol. The second kappa shape index (κ2) is 7.37. The van der Waals surface area contributed by atoms with Gasteiger partial charge >= 0.3 is 0 Å². The summed E-state index contributed by atoms with van der Waals surface area (Å²) in [6.45, 7) is 4.30. The number of ether oxygens (including phenoxy) is 1. The normalized spacial score (nSPS) is 19.7. The molecule has 1 aliphatic heterocycles. The Morgan fingerprint density at radius 2 is 1.80 bits per heavy atom. The summed E-state index contributed by atoms with van der Waals surface area (Å²) in [5.41, 5.74) is 2.44. The van der Waals surface area contributed by atoms with Crippen LogP contribution in [0.4, 0.5) is 0 Å². The summed E-state index contributed by atoms with van der Waals surface area (Å²) in [6, 6.07) is 18.0. The molecule has 0 saturated carbocycles. The van der Waals surface area contributed by atoms with Crippen molar-refractivity contribution in [1.29, 1.82) is 0 Å². The summed E-state index contributed by atoms with van der Waals surface area (Å²) in [7, 11) is 0. The minimum absolute atomic E-state index is 0.332. The van der Waals surface area contributed by atoms with Crippen LogP contribution in [-0.4, -0.2) is 33.0 Å². The Labute approximate surface area is 174 Å². The Balaban J connectivity index is 1.40. The van der Waals surface area contributed by atoms with Gasteiger partial charge in [0.1, 0.15) is 16.9 Å². The maximum atomic E-state index is 9.63. The SMILES string of the molecule is CC1CCC(C)N1/C(=N\O)c1ccc(Oc2ccc3oc4ccccc4c3c2)nc1. The molecule has 30 heavy (non-hydrogen) atoms. The van der Waals surface area contributed by atoms with Crippen molar-refractivity contribution < 1.29 is 14.4 Å². The zero-order valence-electron chi connectivity index (χ0n) is 16.9. The van der Waals surface area contributed by atoms with E-state index in [-0.39, 0.29) is 0 Å². The standard InChI is InChI=1S/C24H23N3O3/c1-15-7-8-16(2)27(15)24(26-28)17-9-12-23(25-14-17)29-18-10-11-22-20(13-18)19-5-3-4-6-21(19)30-22/h3-6,9-16,28H,7-8H2,1-2H3/b26-24-. The number of likely N-dealkylation sites (tertiary alicyclic amines) is 1. The first-order valence-corrected chi connectivity index (χ1v) is 10.2. The highest BCUT2D eigenvalue weighted by atomic mass is 16.5. The first kappa shape index (κ1) is 18.5. The molecular weight excluding hydrogens is 378 g/mol. The van der Waals surface area contributed by atoms with Gasteiger partial charge in [-0.2, -0.15) is 0 Å². The molecule has 0 amide bonds. The van der Waals surface area contributed by atoms with Crippen molar-refractivity contribution in [2.75, 3.05) is 0 Å². The molecule has 0 spiro atoms. The number of hydrogen-bond donors (Lipinski definition) is 1. The van der Waals surface area contributed by atoms with Crippen LogP contribution in [0.15, 0.2) is 70.4 Å². The van der Waals surface area contributed by atoms with Gasteiger partial charge in [-0.3, -0.25) is 0 Å². The van der Waals surface area contributed by atoms with E-state index in [1.54, 1.807) is 12.3 Å². The lowest BCUT2D eigenvalue weighted by atomic mass is 10.1. The fourth-order valence-electron chi connectivity index (χ4n) is 4.33. The van der Waals surface area contributed by atoms with Crippen molar-refractivity contribution in [3.05, 3.63) is 66.4 Å². The summed E-state index contributed by atoms with van der Waals surface area (Å²) in [4.78, 5) is 6.58. The van der Waals surface area contributed by atoms with Crippen LogP contribution < -0.4 is 4.74 Å². The van der Waals surface area contributed by atoms with Gasteiger partial charge in [-0.15, -0.1) is 0 Å². The third-order valence-corrected chi connectivity index (χ3v) is 5.86. The van der Waals surface area contributed by atoms with Crippen LogP contribution in [0.2, 0.25) is 0 Å². The quantitative estimate of drug-likeness (QED) is 0.204. The van der Waals surface area contributed by atoms with Crippen molar-refractivity contribution in [1.82, 2.24) is 9.88 Å². The second-order valence-electron chi connectivity index (χ2n) is 7.85. The topological polar surface area (TPSA) is 71.1 Å². The number of furan rings is 1. The number of oxime groups is 1. The van der Waals surface area contributed by atoms with Crippen LogP contribution in [0, 0.1) is 0 Å². The van der Waals surface area contributed by atoms with Gasteiger partial charge in [-0.05, 0) is 57.0 Å². The number of amidine groups is 1. The Morgan fingerprint density at radius 3 is 2.53 bits per heavy atom. The highest BCUT2D eigenvalue weighted by Crippen LogP contribution is 2.32. The van der Waals surface area contributed by atoms with Crippen molar-refractivity contribution >= 4 is 27.8 Å². The van der Waals surface area contributed by atoms with Gasteiger partial charge < -0.3 is 19.3 Å². The summed E-state index contributed by atoms with van der Waals surface area (Å²) in [5.74, 6) is 1.72. The Morgan fingerprint density at radius 1 is 1.03 bits per heavy atom. The van der Waals surface area contributed by atoms with Gasteiger partial charge in [0.15, 0.2) is 5.84 Å². The van der Waals surface area contributed by atoms with Crippen molar-refractivity contribution in [3.8, 4) is 11.6 Å². The molecule has 2 unspecified atom stereocenters. The summed E-state index contributed by atoms with van der Waals surface area (Å²) in [5, 5.41) is 15.2. The van der Waals surface area contributed by atoms with E-state index in [9.17, 15) is 5.21 Å². The van der Waals surface area contributed by atoms with Gasteiger partial charge in [0, 0.05) is 40.7 Å². The van der Waals surface area contributed by atoms with E-state index < -0.39 is 0 Å². The molecule has 2 atom stereocenters. The van der Waals surface area contributed by atoms with Gasteiger partial charge in [0.25, 0.3) is 0 Å². The zero-order chi connectivity index (χ0) is 20.7. The van der Waals surface area contributed by atoms with Crippen LogP contribution in [0.3, 0.4) is 0 Å². The summed E-state index contributed by atoms with van der Waals surface area (Å²) >= 11 is 0. The Bertz CT molecular complexity index is 1220.